The Kier molecular flexibility index (Phi) is 4.91. The molecule has 2 aromatic rings. The van der Waals surface area contributed by atoms with Crippen LogP contribution in [0.15, 0.2) is 24.7 Å². The Morgan fingerprint density at radius 2 is 1.84 bits per heavy atom. The van der Waals surface area contributed by atoms with E-state index in [-0.39, 0.29) is 11.3 Å². The Morgan fingerprint density at radius 3 is 2.40 bits per heavy atom. The SMILES string of the molecule is CC(C)(C)OC(=O)Nc1ncc(-c2cncc(F)c2)nc1C(F)(F)F. The second-order valence-electron chi connectivity index (χ2n) is 5.97. The Hall–Kier alpha value is -2.78. The van der Waals surface area contributed by atoms with E-state index in [1.807, 2.05) is 5.32 Å². The van der Waals surface area contributed by atoms with E-state index in [2.05, 4.69) is 15.0 Å². The molecule has 0 bridgehead atoms. The molecule has 2 rings (SSSR count). The number of halogens is 4. The molecule has 0 saturated heterocycles. The maximum Gasteiger partial charge on any atom is 0.437 e. The van der Waals surface area contributed by atoms with Gasteiger partial charge in [-0.15, -0.1) is 0 Å². The Bertz CT molecular complexity index is 788. The third kappa shape index (κ3) is 5.10. The van der Waals surface area contributed by atoms with Crippen molar-refractivity contribution < 1.29 is 27.1 Å². The summed E-state index contributed by atoms with van der Waals surface area (Å²) in [5.41, 5.74) is -2.56. The van der Waals surface area contributed by atoms with Crippen LogP contribution in [0.25, 0.3) is 11.3 Å². The molecule has 0 fully saturated rings. The van der Waals surface area contributed by atoms with Gasteiger partial charge in [0.15, 0.2) is 11.5 Å². The molecule has 1 N–H and O–H groups in total. The van der Waals surface area contributed by atoms with E-state index in [0.717, 1.165) is 24.7 Å². The van der Waals surface area contributed by atoms with Crippen molar-refractivity contribution in [3.8, 4) is 11.3 Å². The fourth-order valence-corrected chi connectivity index (χ4v) is 1.77. The van der Waals surface area contributed by atoms with E-state index >= 15 is 0 Å². The molecule has 0 radical (unpaired) electrons. The van der Waals surface area contributed by atoms with Crippen LogP contribution in [0, 0.1) is 5.82 Å². The van der Waals surface area contributed by atoms with Gasteiger partial charge in [0.2, 0.25) is 0 Å². The molecule has 10 heteroatoms. The Labute approximate surface area is 140 Å². The van der Waals surface area contributed by atoms with E-state index in [1.165, 1.54) is 0 Å². The first-order valence-corrected chi connectivity index (χ1v) is 7.01. The zero-order valence-corrected chi connectivity index (χ0v) is 13.5. The predicted octanol–water partition coefficient (Wildman–Crippen LogP) is 4.04. The summed E-state index contributed by atoms with van der Waals surface area (Å²) in [5, 5.41) is 1.92. The number of nitrogens with one attached hydrogen (secondary N) is 1. The van der Waals surface area contributed by atoms with Gasteiger partial charge in [-0.2, -0.15) is 13.2 Å². The summed E-state index contributed by atoms with van der Waals surface area (Å²) < 4.78 is 57.8. The average Bonchev–Trinajstić information content (AvgIpc) is 2.44. The van der Waals surface area contributed by atoms with Crippen molar-refractivity contribution in [2.45, 2.75) is 32.5 Å². The monoisotopic (exact) mass is 358 g/mol. The minimum atomic E-state index is -4.89. The van der Waals surface area contributed by atoms with Gasteiger partial charge in [0.05, 0.1) is 18.1 Å². The van der Waals surface area contributed by atoms with Crippen molar-refractivity contribution in [2.24, 2.45) is 0 Å². The molecule has 6 nitrogen and oxygen atoms in total. The highest BCUT2D eigenvalue weighted by Crippen LogP contribution is 2.34. The molecular formula is C15H14F4N4O2. The van der Waals surface area contributed by atoms with Crippen LogP contribution < -0.4 is 5.32 Å². The topological polar surface area (TPSA) is 77.0 Å². The van der Waals surface area contributed by atoms with Gasteiger partial charge >= 0.3 is 12.3 Å². The fraction of sp³-hybridized carbons (Fsp3) is 0.333. The summed E-state index contributed by atoms with van der Waals surface area (Å²) in [6.45, 7) is 4.68. The third-order valence-corrected chi connectivity index (χ3v) is 2.66. The van der Waals surface area contributed by atoms with Gasteiger partial charge in [-0.05, 0) is 26.8 Å². The largest absolute Gasteiger partial charge is 0.444 e. The second kappa shape index (κ2) is 6.61. The summed E-state index contributed by atoms with van der Waals surface area (Å²) in [6, 6.07) is 0.970. The number of ether oxygens (including phenoxy) is 1. The van der Waals surface area contributed by atoms with Gasteiger partial charge in [0.1, 0.15) is 11.4 Å². The van der Waals surface area contributed by atoms with E-state index in [1.54, 1.807) is 20.8 Å². The van der Waals surface area contributed by atoms with Gasteiger partial charge in [0.25, 0.3) is 0 Å². The minimum Gasteiger partial charge on any atom is -0.444 e. The molecule has 0 saturated carbocycles. The van der Waals surface area contributed by atoms with Crippen LogP contribution in [-0.2, 0) is 10.9 Å². The number of hydrogen-bond donors (Lipinski definition) is 1. The maximum absolute atomic E-state index is 13.2. The second-order valence-corrected chi connectivity index (χ2v) is 5.97. The van der Waals surface area contributed by atoms with Crippen LogP contribution >= 0.6 is 0 Å². The lowest BCUT2D eigenvalue weighted by molar-refractivity contribution is -0.140. The number of anilines is 1. The molecule has 0 aliphatic rings. The number of amides is 1. The molecule has 0 aliphatic heterocycles. The number of hydrogen-bond acceptors (Lipinski definition) is 5. The van der Waals surface area contributed by atoms with Crippen LogP contribution in [0.3, 0.4) is 0 Å². The smallest absolute Gasteiger partial charge is 0.437 e. The van der Waals surface area contributed by atoms with Crippen LogP contribution in [0.4, 0.5) is 28.2 Å². The zero-order chi connectivity index (χ0) is 18.8. The first kappa shape index (κ1) is 18.6. The third-order valence-electron chi connectivity index (χ3n) is 2.66. The van der Waals surface area contributed by atoms with E-state index in [4.69, 9.17) is 4.74 Å². The van der Waals surface area contributed by atoms with E-state index in [0.29, 0.717) is 0 Å². The van der Waals surface area contributed by atoms with Gasteiger partial charge in [0, 0.05) is 11.8 Å². The first-order valence-electron chi connectivity index (χ1n) is 7.01. The van der Waals surface area contributed by atoms with Crippen LogP contribution in [0.5, 0.6) is 0 Å². The summed E-state index contributed by atoms with van der Waals surface area (Å²) in [6.07, 6.45) is -2.98. The Balaban J connectivity index is 2.40. The highest BCUT2D eigenvalue weighted by atomic mass is 19.4. The molecule has 0 aromatic carbocycles. The first-order chi connectivity index (χ1) is 11.5. The van der Waals surface area contributed by atoms with E-state index < -0.39 is 35.2 Å². The number of carbonyl (C=O) groups excluding carboxylic acids is 1. The molecule has 134 valence electrons. The van der Waals surface area contributed by atoms with Gasteiger partial charge in [-0.1, -0.05) is 0 Å². The normalized spacial score (nSPS) is 12.0. The van der Waals surface area contributed by atoms with Crippen molar-refractivity contribution in [2.75, 3.05) is 5.32 Å². The van der Waals surface area contributed by atoms with Crippen molar-refractivity contribution >= 4 is 11.9 Å². The molecule has 1 amide bonds. The van der Waals surface area contributed by atoms with Crippen molar-refractivity contribution in [1.82, 2.24) is 15.0 Å². The molecule has 2 aromatic heterocycles. The summed E-state index contributed by atoms with van der Waals surface area (Å²) in [7, 11) is 0. The number of pyridine rings is 1. The van der Waals surface area contributed by atoms with Crippen LogP contribution in [0.1, 0.15) is 26.5 Å². The summed E-state index contributed by atoms with van der Waals surface area (Å²) in [5.74, 6) is -1.54. The number of alkyl halides is 3. The predicted molar refractivity (Wildman–Crippen MR) is 80.1 cm³/mol. The molecule has 0 aliphatic carbocycles. The van der Waals surface area contributed by atoms with E-state index in [9.17, 15) is 22.4 Å². The summed E-state index contributed by atoms with van der Waals surface area (Å²) >= 11 is 0. The number of nitrogens with zero attached hydrogens (tertiary/aromatic N) is 3. The maximum atomic E-state index is 13.2. The quantitative estimate of drug-likeness (QED) is 0.820. The fourth-order valence-electron chi connectivity index (χ4n) is 1.77. The molecule has 0 atom stereocenters. The molecule has 25 heavy (non-hydrogen) atoms. The lowest BCUT2D eigenvalue weighted by Crippen LogP contribution is -2.28. The van der Waals surface area contributed by atoms with Crippen molar-refractivity contribution in [3.05, 3.63) is 36.2 Å². The molecule has 0 spiro atoms. The number of aromatic nitrogens is 3. The average molecular weight is 358 g/mol. The number of rotatable bonds is 2. The zero-order valence-electron chi connectivity index (χ0n) is 13.5. The van der Waals surface area contributed by atoms with Crippen molar-refractivity contribution in [3.63, 3.8) is 0 Å². The standard InChI is InChI=1S/C15H14F4N4O2/c1-14(2,3)25-13(24)23-12-11(15(17,18)19)22-10(7-21-12)8-4-9(16)6-20-5-8/h4-7H,1-3H3,(H,21,23,24). The van der Waals surface area contributed by atoms with Crippen LogP contribution in [0.2, 0.25) is 0 Å². The molecular weight excluding hydrogens is 344 g/mol. The lowest BCUT2D eigenvalue weighted by atomic mass is 10.2. The highest BCUT2D eigenvalue weighted by Gasteiger charge is 2.38. The van der Waals surface area contributed by atoms with Gasteiger partial charge < -0.3 is 4.74 Å². The molecule has 0 unspecified atom stereocenters. The lowest BCUT2D eigenvalue weighted by Gasteiger charge is -2.20. The van der Waals surface area contributed by atoms with Crippen LogP contribution in [-0.4, -0.2) is 26.6 Å². The highest BCUT2D eigenvalue weighted by molar-refractivity contribution is 5.84. The Morgan fingerprint density at radius 1 is 1.16 bits per heavy atom. The number of carbonyl (C=O) groups is 1. The van der Waals surface area contributed by atoms with Gasteiger partial charge in [-0.25, -0.2) is 19.2 Å². The summed E-state index contributed by atoms with van der Waals surface area (Å²) in [4.78, 5) is 22.2. The molecule has 2 heterocycles. The minimum absolute atomic E-state index is 0.0156. The van der Waals surface area contributed by atoms with Gasteiger partial charge in [-0.3, -0.25) is 10.3 Å². The van der Waals surface area contributed by atoms with Crippen molar-refractivity contribution in [1.29, 1.82) is 0 Å².